The molecule has 4 fully saturated rings. The number of piperidine rings is 4. The van der Waals surface area contributed by atoms with Gasteiger partial charge in [0.1, 0.15) is 73.8 Å². The van der Waals surface area contributed by atoms with Gasteiger partial charge >= 0.3 is 0 Å². The minimum atomic E-state index is -0.475. The van der Waals surface area contributed by atoms with Gasteiger partial charge in [-0.1, -0.05) is 129 Å². The van der Waals surface area contributed by atoms with E-state index in [0.29, 0.717) is 75.9 Å². The Balaban J connectivity index is 0.000000196. The first-order valence-electron chi connectivity index (χ1n) is 36.9. The second kappa shape index (κ2) is 47.5. The number of nitrogens with zero attached hydrogens (tertiary/aromatic N) is 4. The van der Waals surface area contributed by atoms with E-state index in [1.54, 1.807) is 0 Å². The van der Waals surface area contributed by atoms with Gasteiger partial charge in [-0.25, -0.2) is 0 Å². The molecule has 4 saturated heterocycles. The molecule has 0 aliphatic carbocycles. The molecule has 0 unspecified atom stereocenters. The lowest BCUT2D eigenvalue weighted by molar-refractivity contribution is 0.0550. The van der Waals surface area contributed by atoms with Gasteiger partial charge in [-0.3, -0.25) is 0 Å². The molecular weight excluding hydrogens is 1470 g/mol. The topological polar surface area (TPSA) is 155 Å². The maximum Gasteiger partial charge on any atom is 0.119 e. The third kappa shape index (κ3) is 33.7. The molecule has 0 bridgehead atoms. The van der Waals surface area contributed by atoms with Crippen LogP contribution in [0.4, 0.5) is 11.4 Å². The van der Waals surface area contributed by atoms with Crippen LogP contribution in [0.15, 0.2) is 199 Å². The first kappa shape index (κ1) is 87.7. The van der Waals surface area contributed by atoms with E-state index in [-0.39, 0.29) is 27.0 Å². The average molecular weight is 1580 g/mol. The largest absolute Gasteiger partial charge is 0.491 e. The fraction of sp³-hybridized carbons (Fsp3) is 0.435. The van der Waals surface area contributed by atoms with Crippen molar-refractivity contribution in [2.45, 2.75) is 132 Å². The van der Waals surface area contributed by atoms with Crippen LogP contribution in [-0.4, -0.2) is 187 Å². The van der Waals surface area contributed by atoms with Crippen molar-refractivity contribution in [3.05, 3.63) is 242 Å². The number of benzene rings is 8. The van der Waals surface area contributed by atoms with Crippen LogP contribution in [0, 0.1) is 33.6 Å². The summed E-state index contributed by atoms with van der Waals surface area (Å²) in [5, 5.41) is 51.9. The maximum atomic E-state index is 10.3. The molecule has 0 amide bonds. The Bertz CT molecular complexity index is 3170. The van der Waals surface area contributed by atoms with Crippen LogP contribution in [-0.2, 0) is 6.42 Å². The van der Waals surface area contributed by atoms with Crippen molar-refractivity contribution in [1.82, 2.24) is 19.6 Å². The van der Waals surface area contributed by atoms with Gasteiger partial charge in [0.15, 0.2) is 0 Å². The van der Waals surface area contributed by atoms with Crippen LogP contribution >= 0.6 is 85.2 Å². The first-order valence-corrected chi connectivity index (χ1v) is 39.3. The van der Waals surface area contributed by atoms with Crippen molar-refractivity contribution in [2.75, 3.05) is 116 Å². The van der Waals surface area contributed by atoms with Crippen LogP contribution in [0.25, 0.3) is 0 Å². The first-order chi connectivity index (χ1) is 50.3. The normalized spacial score (nSPS) is 16.8. The molecular formula is C85H112Cl4N6O8S3. The van der Waals surface area contributed by atoms with Gasteiger partial charge < -0.3 is 69.6 Å². The van der Waals surface area contributed by atoms with Crippen molar-refractivity contribution in [2.24, 2.45) is 5.92 Å². The summed E-state index contributed by atoms with van der Waals surface area (Å²) in [5.41, 5.74) is 8.40. The van der Waals surface area contributed by atoms with Crippen molar-refractivity contribution < 1.29 is 39.4 Å². The zero-order chi connectivity index (χ0) is 73.4. The molecule has 0 aromatic heterocycles. The Labute approximate surface area is 669 Å². The number of thioether (sulfide) groups is 1. The van der Waals surface area contributed by atoms with E-state index in [2.05, 4.69) is 61.4 Å². The molecule has 4 atom stereocenters. The number of hydrogen-bond donors (Lipinski definition) is 6. The van der Waals surface area contributed by atoms with E-state index in [0.717, 1.165) is 152 Å². The molecule has 12 rings (SSSR count). The minimum absolute atomic E-state index is 0. The number of rotatable bonds is 28. The summed E-state index contributed by atoms with van der Waals surface area (Å²) in [6.07, 6.45) is 8.13. The highest BCUT2D eigenvalue weighted by Crippen LogP contribution is 2.32. The SMILES string of the molecule is Cc1ccc(OC[C@@H](O)CN2CCC(Cc3ccc(Cl)cc3)CC2)cc1.Cc1ccc(OC[C@@H](O)CN2CCC(Nc3ccc(Cl)cc3)CC2)cc1.Cc1ccc(OC[C@@H](O)CN2CCC(Nc3ccc(Cl)cc3)CC2)cc1.Cc1ccc(OC[C@@H](O)CN2CCC(Sc3ccc(Cl)cc3)CC2)cc1.S.S. The molecule has 21 heteroatoms. The number of halogens is 4. The zero-order valence-corrected chi connectivity index (χ0v) is 67.7. The van der Waals surface area contributed by atoms with Crippen molar-refractivity contribution >= 4 is 96.5 Å². The molecule has 8 aromatic carbocycles. The van der Waals surface area contributed by atoms with Crippen LogP contribution in [0.2, 0.25) is 20.1 Å². The van der Waals surface area contributed by atoms with Gasteiger partial charge in [0.25, 0.3) is 0 Å². The number of aryl methyl sites for hydroxylation is 4. The van der Waals surface area contributed by atoms with Gasteiger partial charge in [0.2, 0.25) is 0 Å². The number of aliphatic hydroxyl groups excluding tert-OH is 4. The number of likely N-dealkylation sites (tertiary alicyclic amines) is 4. The Hall–Kier alpha value is -5.55. The summed E-state index contributed by atoms with van der Waals surface area (Å²) in [5.74, 6) is 3.96. The molecule has 0 radical (unpaired) electrons. The fourth-order valence-electron chi connectivity index (χ4n) is 13.0. The number of nitrogens with one attached hydrogen (secondary N) is 2. The van der Waals surface area contributed by atoms with Crippen molar-refractivity contribution in [1.29, 1.82) is 0 Å². The third-order valence-electron chi connectivity index (χ3n) is 19.1. The monoisotopic (exact) mass is 1580 g/mol. The predicted octanol–water partition coefficient (Wildman–Crippen LogP) is 17.1. The molecule has 4 heterocycles. The Kier molecular flexibility index (Phi) is 39.3. The van der Waals surface area contributed by atoms with Gasteiger partial charge in [-0.05, 0) is 257 Å². The van der Waals surface area contributed by atoms with Gasteiger partial charge in [-0.15, -0.1) is 11.8 Å². The van der Waals surface area contributed by atoms with Crippen LogP contribution in [0.5, 0.6) is 23.0 Å². The minimum Gasteiger partial charge on any atom is -0.491 e. The number of ether oxygens (including phenoxy) is 4. The standard InChI is InChI=1S/C22H28ClNO2.2C21H27ClN2O2.C21H26ClNO2S.2H2S/c1-17-2-8-22(9-3-17)26-16-21(25)15-24-12-10-19(11-13-24)14-18-4-6-20(23)7-5-18;2*1-16-2-8-21(9-3-16)26-15-20(25)14-24-12-10-19(11-13-24)23-18-6-4-17(22)5-7-18;1-16-2-6-19(7-3-16)25-15-18(24)14-23-12-10-21(11-13-23)26-20-8-4-17(22)5-9-20;;/h2-9,19,21,25H,10-16H2,1H3;2*2-9,19-20,23,25H,10-15H2,1H3;2-9,18,21,24H,10-15H2,1H3;2*1H2/t21-;2*20-;18-;;/m0000../s1. The third-order valence-corrected chi connectivity index (χ3v) is 21.5. The quantitative estimate of drug-likeness (QED) is 0.0275. The van der Waals surface area contributed by atoms with E-state index >= 15 is 0 Å². The Morgan fingerprint density at radius 1 is 0.349 bits per heavy atom. The molecule has 4 aliphatic heterocycles. The molecule has 0 spiro atoms. The molecule has 0 saturated carbocycles. The second-order valence-corrected chi connectivity index (χ2v) is 31.3. The highest BCUT2D eigenvalue weighted by molar-refractivity contribution is 8.00. The van der Waals surface area contributed by atoms with E-state index in [1.165, 1.54) is 45.6 Å². The molecule has 576 valence electrons. The predicted molar refractivity (Wildman–Crippen MR) is 452 cm³/mol. The smallest absolute Gasteiger partial charge is 0.119 e. The Morgan fingerprint density at radius 3 is 0.896 bits per heavy atom. The zero-order valence-electron chi connectivity index (χ0n) is 61.9. The van der Waals surface area contributed by atoms with Crippen molar-refractivity contribution in [3.63, 3.8) is 0 Å². The van der Waals surface area contributed by atoms with E-state index in [9.17, 15) is 20.4 Å². The van der Waals surface area contributed by atoms with Crippen molar-refractivity contribution in [3.8, 4) is 23.0 Å². The molecule has 4 aliphatic rings. The highest BCUT2D eigenvalue weighted by atomic mass is 35.5. The lowest BCUT2D eigenvalue weighted by atomic mass is 9.90. The summed E-state index contributed by atoms with van der Waals surface area (Å²) in [6.45, 7) is 20.2. The molecule has 6 N–H and O–H groups in total. The van der Waals surface area contributed by atoms with Crippen LogP contribution in [0.3, 0.4) is 0 Å². The van der Waals surface area contributed by atoms with E-state index in [1.807, 2.05) is 202 Å². The number of anilines is 2. The maximum absolute atomic E-state index is 10.3. The number of β-amino-alcohol motifs (C(OH)–C–C–N with tert-alkyl or cyclic N) is 4. The van der Waals surface area contributed by atoms with Gasteiger partial charge in [0.05, 0.1) is 0 Å². The molecule has 106 heavy (non-hydrogen) atoms. The van der Waals surface area contributed by atoms with E-state index < -0.39 is 24.4 Å². The average Bonchev–Trinajstić information content (AvgIpc) is 0.918. The van der Waals surface area contributed by atoms with Gasteiger partial charge in [-0.2, -0.15) is 27.0 Å². The second-order valence-electron chi connectivity index (χ2n) is 28.2. The number of aliphatic hydroxyl groups is 4. The molecule has 14 nitrogen and oxygen atoms in total. The summed E-state index contributed by atoms with van der Waals surface area (Å²) in [6, 6.07) is 64.6. The number of hydrogen-bond acceptors (Lipinski definition) is 15. The summed E-state index contributed by atoms with van der Waals surface area (Å²) < 4.78 is 22.7. The lowest BCUT2D eigenvalue weighted by Gasteiger charge is -2.33. The lowest BCUT2D eigenvalue weighted by Crippen LogP contribution is -2.43. The molecule has 8 aromatic rings. The summed E-state index contributed by atoms with van der Waals surface area (Å²) in [7, 11) is 0. The fourth-order valence-corrected chi connectivity index (χ4v) is 14.7. The van der Waals surface area contributed by atoms with Gasteiger partial charge in [0, 0.05) is 106 Å². The summed E-state index contributed by atoms with van der Waals surface area (Å²) in [4.78, 5) is 10.6. The summed E-state index contributed by atoms with van der Waals surface area (Å²) >= 11 is 25.7. The van der Waals surface area contributed by atoms with Crippen LogP contribution < -0.4 is 29.6 Å². The van der Waals surface area contributed by atoms with E-state index in [4.69, 9.17) is 65.4 Å². The highest BCUT2D eigenvalue weighted by Gasteiger charge is 2.26. The Morgan fingerprint density at radius 2 is 0.604 bits per heavy atom. The van der Waals surface area contributed by atoms with Crippen LogP contribution in [0.1, 0.15) is 79.2 Å².